The van der Waals surface area contributed by atoms with Crippen molar-refractivity contribution < 1.29 is 9.72 Å². The van der Waals surface area contributed by atoms with Crippen molar-refractivity contribution in [2.24, 2.45) is 0 Å². The standard InChI is InChI=1S/C15H19ClN2O3/c16-10-11-17(13-4-2-1-3-5-13)15(19)12-6-8-14(9-7-12)18(20)21/h6-9,13H,1-5,10-11H2. The van der Waals surface area contributed by atoms with Gasteiger partial charge >= 0.3 is 0 Å². The first-order valence-corrected chi connectivity index (χ1v) is 7.78. The zero-order valence-electron chi connectivity index (χ0n) is 11.8. The topological polar surface area (TPSA) is 63.4 Å². The molecule has 1 amide bonds. The molecule has 1 aliphatic carbocycles. The molecule has 6 heteroatoms. The number of non-ortho nitro benzene ring substituents is 1. The summed E-state index contributed by atoms with van der Waals surface area (Å²) in [7, 11) is 0. The molecule has 5 nitrogen and oxygen atoms in total. The van der Waals surface area contributed by atoms with Crippen LogP contribution in [-0.2, 0) is 0 Å². The van der Waals surface area contributed by atoms with Gasteiger partial charge in [0.15, 0.2) is 0 Å². The zero-order chi connectivity index (χ0) is 15.2. The molecule has 2 rings (SSSR count). The molecular weight excluding hydrogens is 292 g/mol. The first kappa shape index (κ1) is 15.8. The van der Waals surface area contributed by atoms with Gasteiger partial charge in [-0.1, -0.05) is 19.3 Å². The lowest BCUT2D eigenvalue weighted by Crippen LogP contribution is -2.42. The minimum atomic E-state index is -0.466. The van der Waals surface area contributed by atoms with E-state index in [1.54, 1.807) is 0 Å². The Morgan fingerprint density at radius 1 is 1.24 bits per heavy atom. The Hall–Kier alpha value is -1.62. The largest absolute Gasteiger partial charge is 0.334 e. The Bertz CT molecular complexity index is 498. The number of rotatable bonds is 5. The Morgan fingerprint density at radius 3 is 2.38 bits per heavy atom. The fraction of sp³-hybridized carbons (Fsp3) is 0.533. The smallest absolute Gasteiger partial charge is 0.269 e. The number of nitrogens with zero attached hydrogens (tertiary/aromatic N) is 2. The molecule has 0 N–H and O–H groups in total. The molecule has 0 saturated heterocycles. The van der Waals surface area contributed by atoms with Gasteiger partial charge < -0.3 is 4.90 Å². The van der Waals surface area contributed by atoms with Crippen LogP contribution in [0.1, 0.15) is 42.5 Å². The molecule has 1 aliphatic rings. The minimum absolute atomic E-state index is 0.00638. The van der Waals surface area contributed by atoms with Crippen molar-refractivity contribution >= 4 is 23.2 Å². The van der Waals surface area contributed by atoms with E-state index in [0.29, 0.717) is 18.0 Å². The summed E-state index contributed by atoms with van der Waals surface area (Å²) in [5.41, 5.74) is 0.476. The van der Waals surface area contributed by atoms with Crippen molar-refractivity contribution in [1.29, 1.82) is 0 Å². The van der Waals surface area contributed by atoms with Crippen LogP contribution in [0.2, 0.25) is 0 Å². The fourth-order valence-corrected chi connectivity index (χ4v) is 3.01. The number of nitro benzene ring substituents is 1. The Labute approximate surface area is 129 Å². The number of halogens is 1. The van der Waals surface area contributed by atoms with E-state index >= 15 is 0 Å². The summed E-state index contributed by atoms with van der Waals surface area (Å²) in [6.07, 6.45) is 5.51. The maximum absolute atomic E-state index is 12.6. The van der Waals surface area contributed by atoms with E-state index < -0.39 is 4.92 Å². The van der Waals surface area contributed by atoms with Gasteiger partial charge in [0.2, 0.25) is 0 Å². The van der Waals surface area contributed by atoms with E-state index in [-0.39, 0.29) is 17.6 Å². The van der Waals surface area contributed by atoms with E-state index in [9.17, 15) is 14.9 Å². The van der Waals surface area contributed by atoms with Gasteiger partial charge in [0.25, 0.3) is 11.6 Å². The number of alkyl halides is 1. The quantitative estimate of drug-likeness (QED) is 0.474. The van der Waals surface area contributed by atoms with E-state index in [1.807, 2.05) is 4.90 Å². The predicted octanol–water partition coefficient (Wildman–Crippen LogP) is 3.61. The van der Waals surface area contributed by atoms with Crippen LogP contribution in [-0.4, -0.2) is 34.2 Å². The van der Waals surface area contributed by atoms with Gasteiger partial charge in [-0.15, -0.1) is 11.6 Å². The third kappa shape index (κ3) is 3.94. The van der Waals surface area contributed by atoms with Gasteiger partial charge in [0, 0.05) is 36.2 Å². The lowest BCUT2D eigenvalue weighted by Gasteiger charge is -2.34. The molecule has 114 valence electrons. The maximum Gasteiger partial charge on any atom is 0.269 e. The summed E-state index contributed by atoms with van der Waals surface area (Å²) in [4.78, 5) is 24.6. The third-order valence-electron chi connectivity index (χ3n) is 3.93. The lowest BCUT2D eigenvalue weighted by atomic mass is 9.93. The van der Waals surface area contributed by atoms with Gasteiger partial charge in [-0.3, -0.25) is 14.9 Å². The maximum atomic E-state index is 12.6. The number of nitro groups is 1. The zero-order valence-corrected chi connectivity index (χ0v) is 12.6. The van der Waals surface area contributed by atoms with E-state index in [1.165, 1.54) is 30.7 Å². The van der Waals surface area contributed by atoms with Crippen LogP contribution < -0.4 is 0 Å². The summed E-state index contributed by atoms with van der Waals surface area (Å²) in [5.74, 6) is 0.312. The Morgan fingerprint density at radius 2 is 1.86 bits per heavy atom. The normalized spacial score (nSPS) is 15.7. The second-order valence-corrected chi connectivity index (χ2v) is 5.66. The summed E-state index contributed by atoms with van der Waals surface area (Å²) < 4.78 is 0. The molecule has 0 aliphatic heterocycles. The summed E-state index contributed by atoms with van der Waals surface area (Å²) in [5, 5.41) is 10.7. The molecule has 0 spiro atoms. The molecule has 0 unspecified atom stereocenters. The average molecular weight is 311 g/mol. The molecule has 0 atom stereocenters. The molecule has 1 fully saturated rings. The Kier molecular flexibility index (Phi) is 5.56. The number of benzene rings is 1. The highest BCUT2D eigenvalue weighted by Crippen LogP contribution is 2.24. The monoisotopic (exact) mass is 310 g/mol. The molecule has 21 heavy (non-hydrogen) atoms. The number of hydrogen-bond donors (Lipinski definition) is 0. The van der Waals surface area contributed by atoms with Gasteiger partial charge in [0.1, 0.15) is 0 Å². The van der Waals surface area contributed by atoms with Gasteiger partial charge in [-0.05, 0) is 25.0 Å². The third-order valence-corrected chi connectivity index (χ3v) is 4.10. The summed E-state index contributed by atoms with van der Waals surface area (Å²) in [6.45, 7) is 0.516. The lowest BCUT2D eigenvalue weighted by molar-refractivity contribution is -0.384. The van der Waals surface area contributed by atoms with Crippen LogP contribution in [0.4, 0.5) is 5.69 Å². The van der Waals surface area contributed by atoms with E-state index in [4.69, 9.17) is 11.6 Å². The molecule has 1 aromatic carbocycles. The second kappa shape index (κ2) is 7.41. The molecule has 0 aromatic heterocycles. The molecule has 1 saturated carbocycles. The highest BCUT2D eigenvalue weighted by molar-refractivity contribution is 6.18. The van der Waals surface area contributed by atoms with Crippen molar-refractivity contribution in [3.63, 3.8) is 0 Å². The fourth-order valence-electron chi connectivity index (χ4n) is 2.83. The van der Waals surface area contributed by atoms with Crippen molar-refractivity contribution in [1.82, 2.24) is 4.90 Å². The van der Waals surface area contributed by atoms with Gasteiger partial charge in [-0.25, -0.2) is 0 Å². The second-order valence-electron chi connectivity index (χ2n) is 5.28. The highest BCUT2D eigenvalue weighted by atomic mass is 35.5. The minimum Gasteiger partial charge on any atom is -0.334 e. The Balaban J connectivity index is 2.14. The first-order valence-electron chi connectivity index (χ1n) is 7.25. The first-order chi connectivity index (χ1) is 10.1. The van der Waals surface area contributed by atoms with Crippen LogP contribution in [0.25, 0.3) is 0 Å². The molecule has 0 heterocycles. The van der Waals surface area contributed by atoms with Crippen molar-refractivity contribution in [2.45, 2.75) is 38.1 Å². The molecular formula is C15H19ClN2O3. The summed E-state index contributed by atoms with van der Waals surface area (Å²) in [6, 6.07) is 6.01. The molecule has 0 radical (unpaired) electrons. The number of carbonyl (C=O) groups is 1. The number of carbonyl (C=O) groups excluding carboxylic acids is 1. The van der Waals surface area contributed by atoms with Gasteiger partial charge in [0.05, 0.1) is 4.92 Å². The van der Waals surface area contributed by atoms with Crippen LogP contribution in [0.15, 0.2) is 24.3 Å². The van der Waals surface area contributed by atoms with Crippen molar-refractivity contribution in [3.8, 4) is 0 Å². The van der Waals surface area contributed by atoms with Gasteiger partial charge in [-0.2, -0.15) is 0 Å². The van der Waals surface area contributed by atoms with E-state index in [2.05, 4.69) is 0 Å². The van der Waals surface area contributed by atoms with E-state index in [0.717, 1.165) is 25.7 Å². The molecule has 1 aromatic rings. The molecule has 0 bridgehead atoms. The summed E-state index contributed by atoms with van der Waals surface area (Å²) >= 11 is 5.83. The number of hydrogen-bond acceptors (Lipinski definition) is 3. The predicted molar refractivity (Wildman–Crippen MR) is 81.7 cm³/mol. The van der Waals surface area contributed by atoms with Crippen molar-refractivity contribution in [2.75, 3.05) is 12.4 Å². The van der Waals surface area contributed by atoms with Crippen molar-refractivity contribution in [3.05, 3.63) is 39.9 Å². The van der Waals surface area contributed by atoms with Crippen LogP contribution in [0.5, 0.6) is 0 Å². The number of amides is 1. The van der Waals surface area contributed by atoms with Crippen LogP contribution >= 0.6 is 11.6 Å². The van der Waals surface area contributed by atoms with Crippen LogP contribution in [0.3, 0.4) is 0 Å². The average Bonchev–Trinajstić information content (AvgIpc) is 2.53. The highest BCUT2D eigenvalue weighted by Gasteiger charge is 2.26. The SMILES string of the molecule is O=C(c1ccc([N+](=O)[O-])cc1)N(CCCl)C1CCCCC1. The van der Waals surface area contributed by atoms with Crippen LogP contribution in [0, 0.1) is 10.1 Å².